The van der Waals surface area contributed by atoms with Gasteiger partial charge in [-0.1, -0.05) is 29.5 Å². The van der Waals surface area contributed by atoms with Gasteiger partial charge in [-0.2, -0.15) is 4.99 Å². The van der Waals surface area contributed by atoms with Crippen molar-refractivity contribution in [1.29, 1.82) is 0 Å². The number of thiazole rings is 1. The van der Waals surface area contributed by atoms with Crippen LogP contribution in [0.2, 0.25) is 0 Å². The van der Waals surface area contributed by atoms with Crippen LogP contribution in [0.3, 0.4) is 0 Å². The maximum absolute atomic E-state index is 12.9. The van der Waals surface area contributed by atoms with E-state index in [1.54, 1.807) is 41.0 Å². The van der Waals surface area contributed by atoms with E-state index < -0.39 is 17.5 Å². The van der Waals surface area contributed by atoms with E-state index in [1.807, 2.05) is 13.0 Å². The highest BCUT2D eigenvalue weighted by Gasteiger charge is 2.16. The fourth-order valence-corrected chi connectivity index (χ4v) is 4.16. The summed E-state index contributed by atoms with van der Waals surface area (Å²) >= 11 is 1.20. The van der Waals surface area contributed by atoms with Crippen LogP contribution >= 0.6 is 11.3 Å². The minimum atomic E-state index is -0.772. The average molecular weight is 438 g/mol. The molecule has 2 aromatic heterocycles. The van der Waals surface area contributed by atoms with Crippen LogP contribution in [0, 0.1) is 0 Å². The normalized spacial score (nSPS) is 11.7. The van der Waals surface area contributed by atoms with Crippen LogP contribution in [0.1, 0.15) is 17.3 Å². The molecule has 0 N–H and O–H groups in total. The minimum Gasteiger partial charge on any atom is -0.494 e. The van der Waals surface area contributed by atoms with Gasteiger partial charge in [-0.3, -0.25) is 9.59 Å². The van der Waals surface area contributed by atoms with E-state index >= 15 is 0 Å². The monoisotopic (exact) mass is 438 g/mol. The third kappa shape index (κ3) is 4.13. The Kier molecular flexibility index (Phi) is 5.68. The van der Waals surface area contributed by atoms with Crippen LogP contribution in [0.4, 0.5) is 0 Å². The first kappa shape index (κ1) is 20.5. The average Bonchev–Trinajstić information content (AvgIpc) is 3.09. The van der Waals surface area contributed by atoms with Gasteiger partial charge < -0.3 is 18.5 Å². The van der Waals surface area contributed by atoms with Gasteiger partial charge in [0, 0.05) is 5.39 Å². The Balaban J connectivity index is 1.86. The highest BCUT2D eigenvalue weighted by Crippen LogP contribution is 2.23. The molecule has 0 saturated carbocycles. The van der Waals surface area contributed by atoms with E-state index in [9.17, 15) is 14.4 Å². The van der Waals surface area contributed by atoms with Gasteiger partial charge in [0.2, 0.25) is 0 Å². The molecule has 0 unspecified atom stereocenters. The summed E-state index contributed by atoms with van der Waals surface area (Å²) in [6, 6.07) is 13.7. The first-order chi connectivity index (χ1) is 15.0. The number of aromatic nitrogens is 1. The number of ether oxygens (including phenoxy) is 2. The Labute approximate surface area is 180 Å². The number of rotatable bonds is 5. The molecule has 0 aliphatic carbocycles. The Hall–Kier alpha value is -3.72. The Bertz CT molecular complexity index is 1430. The van der Waals surface area contributed by atoms with Crippen molar-refractivity contribution in [2.45, 2.75) is 13.5 Å². The number of nitrogens with zero attached hydrogens (tertiary/aromatic N) is 2. The highest BCUT2D eigenvalue weighted by molar-refractivity contribution is 7.16. The summed E-state index contributed by atoms with van der Waals surface area (Å²) in [5.74, 6) is -0.586. The van der Waals surface area contributed by atoms with Crippen molar-refractivity contribution >= 4 is 44.4 Å². The van der Waals surface area contributed by atoms with E-state index in [2.05, 4.69) is 4.99 Å². The Morgan fingerprint density at radius 2 is 1.97 bits per heavy atom. The van der Waals surface area contributed by atoms with Gasteiger partial charge in [-0.05, 0) is 37.3 Å². The molecule has 1 amide bonds. The first-order valence-corrected chi connectivity index (χ1v) is 10.3. The second-order valence-electron chi connectivity index (χ2n) is 6.51. The molecule has 0 fully saturated rings. The summed E-state index contributed by atoms with van der Waals surface area (Å²) in [6.07, 6.45) is 0. The lowest BCUT2D eigenvalue weighted by Gasteiger charge is -2.05. The summed E-state index contributed by atoms with van der Waals surface area (Å²) in [5.41, 5.74) is 0.119. The van der Waals surface area contributed by atoms with Crippen molar-refractivity contribution in [1.82, 2.24) is 4.57 Å². The highest BCUT2D eigenvalue weighted by atomic mass is 32.1. The van der Waals surface area contributed by atoms with Gasteiger partial charge in [0.1, 0.15) is 23.4 Å². The predicted molar refractivity (Wildman–Crippen MR) is 115 cm³/mol. The van der Waals surface area contributed by atoms with E-state index in [1.165, 1.54) is 24.5 Å². The number of esters is 1. The van der Waals surface area contributed by atoms with Gasteiger partial charge >= 0.3 is 11.6 Å². The molecule has 158 valence electrons. The number of hydrogen-bond acceptors (Lipinski definition) is 7. The topological polar surface area (TPSA) is 100 Å². The lowest BCUT2D eigenvalue weighted by molar-refractivity contribution is -0.141. The lowest BCUT2D eigenvalue weighted by Crippen LogP contribution is -2.23. The quantitative estimate of drug-likeness (QED) is 0.351. The molecule has 0 spiro atoms. The molecule has 0 atom stereocenters. The third-order valence-electron chi connectivity index (χ3n) is 4.55. The molecule has 2 aromatic carbocycles. The fraction of sp³-hybridized carbons (Fsp3) is 0.182. The zero-order valence-corrected chi connectivity index (χ0v) is 17.6. The number of hydrogen-bond donors (Lipinski definition) is 0. The summed E-state index contributed by atoms with van der Waals surface area (Å²) in [6.45, 7) is 2.25. The van der Waals surface area contributed by atoms with Crippen LogP contribution in [-0.4, -0.2) is 30.2 Å². The third-order valence-corrected chi connectivity index (χ3v) is 5.59. The van der Waals surface area contributed by atoms with Gasteiger partial charge in [-0.25, -0.2) is 4.79 Å². The van der Waals surface area contributed by atoms with Crippen LogP contribution in [-0.2, 0) is 16.1 Å². The summed E-state index contributed by atoms with van der Waals surface area (Å²) in [4.78, 5) is 41.5. The number of carbonyl (C=O) groups excluding carboxylic acids is 2. The van der Waals surface area contributed by atoms with Crippen LogP contribution in [0.15, 0.2) is 62.7 Å². The molecule has 0 bridgehead atoms. The smallest absolute Gasteiger partial charge is 0.349 e. The SMILES string of the molecule is CCOc1ccc2c(c1)sc(=NC(=O)c1cc3ccccc3oc1=O)n2CC(=O)OC. The molecule has 2 heterocycles. The largest absolute Gasteiger partial charge is 0.494 e. The van der Waals surface area contributed by atoms with Gasteiger partial charge in [0.25, 0.3) is 5.91 Å². The second kappa shape index (κ2) is 8.57. The van der Waals surface area contributed by atoms with Crippen molar-refractivity contribution in [3.05, 3.63) is 69.3 Å². The second-order valence-corrected chi connectivity index (χ2v) is 7.52. The zero-order chi connectivity index (χ0) is 22.0. The van der Waals surface area contributed by atoms with Crippen LogP contribution in [0.5, 0.6) is 5.75 Å². The maximum Gasteiger partial charge on any atom is 0.349 e. The van der Waals surface area contributed by atoms with Crippen molar-refractivity contribution in [2.24, 2.45) is 4.99 Å². The molecule has 0 aliphatic heterocycles. The van der Waals surface area contributed by atoms with Gasteiger partial charge in [0.05, 0.1) is 23.9 Å². The van der Waals surface area contributed by atoms with E-state index in [4.69, 9.17) is 13.9 Å². The predicted octanol–water partition coefficient (Wildman–Crippen LogP) is 3.12. The van der Waals surface area contributed by atoms with E-state index in [0.717, 1.165) is 4.70 Å². The number of benzene rings is 2. The number of fused-ring (bicyclic) bond motifs is 2. The van der Waals surface area contributed by atoms with Gasteiger partial charge in [-0.15, -0.1) is 0 Å². The van der Waals surface area contributed by atoms with Gasteiger partial charge in [0.15, 0.2) is 4.80 Å². The Morgan fingerprint density at radius 3 is 2.74 bits per heavy atom. The van der Waals surface area contributed by atoms with E-state index in [0.29, 0.717) is 28.8 Å². The molecular formula is C22H18N2O6S. The van der Waals surface area contributed by atoms with Crippen LogP contribution in [0.25, 0.3) is 21.2 Å². The molecule has 31 heavy (non-hydrogen) atoms. The number of methoxy groups -OCH3 is 1. The van der Waals surface area contributed by atoms with Crippen molar-refractivity contribution in [3.63, 3.8) is 0 Å². The molecule has 9 heteroatoms. The molecule has 0 aliphatic rings. The molecule has 8 nitrogen and oxygen atoms in total. The number of carbonyl (C=O) groups is 2. The number of para-hydroxylation sites is 1. The van der Waals surface area contributed by atoms with Crippen molar-refractivity contribution in [3.8, 4) is 5.75 Å². The van der Waals surface area contributed by atoms with Crippen molar-refractivity contribution in [2.75, 3.05) is 13.7 Å². The van der Waals surface area contributed by atoms with Crippen molar-refractivity contribution < 1.29 is 23.5 Å². The lowest BCUT2D eigenvalue weighted by atomic mass is 10.2. The minimum absolute atomic E-state index is 0.136. The summed E-state index contributed by atoms with van der Waals surface area (Å²) in [7, 11) is 1.28. The Morgan fingerprint density at radius 1 is 1.16 bits per heavy atom. The maximum atomic E-state index is 12.9. The molecule has 4 aromatic rings. The molecule has 4 rings (SSSR count). The number of amides is 1. The molecule has 0 saturated heterocycles. The standard InChI is InChI=1S/C22H18N2O6S/c1-3-29-14-8-9-16-18(11-14)31-22(24(16)12-19(25)28-2)23-20(26)15-10-13-6-4-5-7-17(13)30-21(15)27/h4-11H,3,12H2,1-2H3. The van der Waals surface area contributed by atoms with Crippen LogP contribution < -0.4 is 15.2 Å². The molecular weight excluding hydrogens is 420 g/mol. The zero-order valence-electron chi connectivity index (χ0n) is 16.8. The first-order valence-electron chi connectivity index (χ1n) is 9.45. The van der Waals surface area contributed by atoms with E-state index in [-0.39, 0.29) is 16.9 Å². The fourth-order valence-electron chi connectivity index (χ4n) is 3.10. The summed E-state index contributed by atoms with van der Waals surface area (Å²) < 4.78 is 17.9. The summed E-state index contributed by atoms with van der Waals surface area (Å²) in [5, 5.41) is 0.612. The molecule has 0 radical (unpaired) electrons.